The summed E-state index contributed by atoms with van der Waals surface area (Å²) in [5.74, 6) is 0.525. The van der Waals surface area contributed by atoms with Crippen LogP contribution in [0.2, 0.25) is 0 Å². The number of hydrogen-bond acceptors (Lipinski definition) is 2. The van der Waals surface area contributed by atoms with Gasteiger partial charge < -0.3 is 5.11 Å². The third kappa shape index (κ3) is 3.31. The molecule has 0 radical (unpaired) electrons. The zero-order valence-corrected chi connectivity index (χ0v) is 8.25. The van der Waals surface area contributed by atoms with E-state index >= 15 is 0 Å². The highest BCUT2D eigenvalue weighted by Gasteiger charge is 2.19. The van der Waals surface area contributed by atoms with Crippen LogP contribution >= 0.6 is 0 Å². The minimum Gasteiger partial charge on any atom is -0.396 e. The summed E-state index contributed by atoms with van der Waals surface area (Å²) in [7, 11) is 0. The van der Waals surface area contributed by atoms with Crippen molar-refractivity contribution in [1.82, 2.24) is 0 Å². The first-order valence-electron chi connectivity index (χ1n) is 5.06. The van der Waals surface area contributed by atoms with Crippen molar-refractivity contribution in [1.29, 1.82) is 0 Å². The summed E-state index contributed by atoms with van der Waals surface area (Å²) in [6.45, 7) is 2.26. The van der Waals surface area contributed by atoms with E-state index in [1.54, 1.807) is 6.08 Å². The van der Waals surface area contributed by atoms with Gasteiger partial charge in [-0.2, -0.15) is 0 Å². The zero-order chi connectivity index (χ0) is 9.68. The van der Waals surface area contributed by atoms with Crippen molar-refractivity contribution in [2.45, 2.75) is 39.0 Å². The fourth-order valence-corrected chi connectivity index (χ4v) is 1.77. The second kappa shape index (κ2) is 5.18. The van der Waals surface area contributed by atoms with Crippen LogP contribution in [0.25, 0.3) is 0 Å². The van der Waals surface area contributed by atoms with E-state index in [0.29, 0.717) is 5.78 Å². The van der Waals surface area contributed by atoms with Crippen molar-refractivity contribution >= 4 is 5.78 Å². The van der Waals surface area contributed by atoms with Crippen LogP contribution in [-0.2, 0) is 4.79 Å². The molecule has 0 saturated carbocycles. The number of ketones is 1. The highest BCUT2D eigenvalue weighted by atomic mass is 16.2. The molecule has 1 atom stereocenters. The lowest BCUT2D eigenvalue weighted by Gasteiger charge is -2.18. The lowest BCUT2D eigenvalue weighted by atomic mass is 9.86. The van der Waals surface area contributed by atoms with Crippen LogP contribution in [0.15, 0.2) is 11.6 Å². The molecule has 0 aromatic rings. The van der Waals surface area contributed by atoms with Crippen molar-refractivity contribution < 1.29 is 9.90 Å². The monoisotopic (exact) mass is 182 g/mol. The Morgan fingerprint density at radius 3 is 2.92 bits per heavy atom. The largest absolute Gasteiger partial charge is 0.396 e. The lowest BCUT2D eigenvalue weighted by molar-refractivity contribution is -0.119. The number of hydrogen-bond donors (Lipinski definition) is 1. The summed E-state index contributed by atoms with van der Waals surface area (Å²) in [6.07, 6.45) is 6.60. The first-order valence-corrected chi connectivity index (χ1v) is 5.06. The topological polar surface area (TPSA) is 37.3 Å². The SMILES string of the molecule is CC1=CC(=O)C(CCCCO)CC1. The molecule has 0 spiro atoms. The smallest absolute Gasteiger partial charge is 0.158 e. The molecule has 1 aliphatic rings. The Labute approximate surface area is 79.6 Å². The van der Waals surface area contributed by atoms with Crippen LogP contribution in [-0.4, -0.2) is 17.5 Å². The molecule has 0 fully saturated rings. The molecule has 1 N–H and O–H groups in total. The first kappa shape index (κ1) is 10.5. The predicted molar refractivity (Wildman–Crippen MR) is 52.4 cm³/mol. The number of carbonyl (C=O) groups is 1. The molecule has 0 aromatic carbocycles. The second-order valence-corrected chi connectivity index (χ2v) is 3.85. The van der Waals surface area contributed by atoms with Gasteiger partial charge in [0.2, 0.25) is 0 Å². The molecule has 0 bridgehead atoms. The summed E-state index contributed by atoms with van der Waals surface area (Å²) in [6, 6.07) is 0. The number of allylic oxidation sites excluding steroid dienone is 2. The van der Waals surface area contributed by atoms with Gasteiger partial charge in [-0.1, -0.05) is 12.0 Å². The van der Waals surface area contributed by atoms with Crippen molar-refractivity contribution in [3.05, 3.63) is 11.6 Å². The minimum absolute atomic E-state index is 0.232. The molecule has 1 unspecified atom stereocenters. The van der Waals surface area contributed by atoms with Gasteiger partial charge in [0.25, 0.3) is 0 Å². The second-order valence-electron chi connectivity index (χ2n) is 3.85. The molecule has 0 aliphatic heterocycles. The maximum Gasteiger partial charge on any atom is 0.158 e. The summed E-state index contributed by atoms with van der Waals surface area (Å²) in [5.41, 5.74) is 1.21. The molecule has 1 rings (SSSR count). The summed E-state index contributed by atoms with van der Waals surface area (Å²) in [4.78, 5) is 11.5. The van der Waals surface area contributed by atoms with Crippen LogP contribution in [0, 0.1) is 5.92 Å². The Balaban J connectivity index is 2.32. The maximum atomic E-state index is 11.5. The Morgan fingerprint density at radius 2 is 2.31 bits per heavy atom. The fraction of sp³-hybridized carbons (Fsp3) is 0.727. The van der Waals surface area contributed by atoms with Crippen molar-refractivity contribution in [3.63, 3.8) is 0 Å². The summed E-state index contributed by atoms with van der Waals surface area (Å²) >= 11 is 0. The molecule has 2 heteroatoms. The number of aliphatic hydroxyl groups excluding tert-OH is 1. The maximum absolute atomic E-state index is 11.5. The van der Waals surface area contributed by atoms with Gasteiger partial charge >= 0.3 is 0 Å². The highest BCUT2D eigenvalue weighted by molar-refractivity contribution is 5.93. The zero-order valence-electron chi connectivity index (χ0n) is 8.25. The predicted octanol–water partition coefficient (Wildman–Crippen LogP) is 2.07. The van der Waals surface area contributed by atoms with E-state index in [0.717, 1.165) is 32.1 Å². The van der Waals surface area contributed by atoms with E-state index in [1.807, 2.05) is 6.92 Å². The number of rotatable bonds is 4. The quantitative estimate of drug-likeness (QED) is 0.676. The van der Waals surface area contributed by atoms with Crippen molar-refractivity contribution in [2.24, 2.45) is 5.92 Å². The normalized spacial score (nSPS) is 23.1. The summed E-state index contributed by atoms with van der Waals surface area (Å²) < 4.78 is 0. The molecule has 0 saturated heterocycles. The van der Waals surface area contributed by atoms with Gasteiger partial charge in [-0.15, -0.1) is 0 Å². The van der Waals surface area contributed by atoms with Gasteiger partial charge in [-0.05, 0) is 38.7 Å². The van der Waals surface area contributed by atoms with Crippen molar-refractivity contribution in [2.75, 3.05) is 6.61 Å². The average molecular weight is 182 g/mol. The van der Waals surface area contributed by atoms with Gasteiger partial charge in [0, 0.05) is 12.5 Å². The number of unbranched alkanes of at least 4 members (excludes halogenated alkanes) is 1. The van der Waals surface area contributed by atoms with Gasteiger partial charge in [0.15, 0.2) is 5.78 Å². The van der Waals surface area contributed by atoms with Gasteiger partial charge in [-0.3, -0.25) is 4.79 Å². The van der Waals surface area contributed by atoms with Crippen LogP contribution in [0.4, 0.5) is 0 Å². The molecule has 74 valence electrons. The van der Waals surface area contributed by atoms with E-state index in [9.17, 15) is 4.79 Å². The Bertz CT molecular complexity index is 206. The molecule has 1 aliphatic carbocycles. The van der Waals surface area contributed by atoms with E-state index in [4.69, 9.17) is 5.11 Å². The Hall–Kier alpha value is -0.630. The summed E-state index contributed by atoms with van der Waals surface area (Å²) in [5, 5.41) is 8.61. The van der Waals surface area contributed by atoms with Gasteiger partial charge in [0.1, 0.15) is 0 Å². The molecular weight excluding hydrogens is 164 g/mol. The van der Waals surface area contributed by atoms with Crippen LogP contribution in [0.3, 0.4) is 0 Å². The van der Waals surface area contributed by atoms with E-state index in [2.05, 4.69) is 0 Å². The van der Waals surface area contributed by atoms with Crippen LogP contribution in [0.1, 0.15) is 39.0 Å². The van der Waals surface area contributed by atoms with Gasteiger partial charge in [0.05, 0.1) is 0 Å². The van der Waals surface area contributed by atoms with Crippen LogP contribution in [0.5, 0.6) is 0 Å². The first-order chi connectivity index (χ1) is 6.24. The molecule has 13 heavy (non-hydrogen) atoms. The molecule has 0 heterocycles. The third-order valence-electron chi connectivity index (χ3n) is 2.64. The fourth-order valence-electron chi connectivity index (χ4n) is 1.77. The number of carbonyl (C=O) groups excluding carboxylic acids is 1. The number of aliphatic hydroxyl groups is 1. The standard InChI is InChI=1S/C11H18O2/c1-9-5-6-10(11(13)8-9)4-2-3-7-12/h8,10,12H,2-7H2,1H3. The third-order valence-corrected chi connectivity index (χ3v) is 2.64. The van der Waals surface area contributed by atoms with E-state index in [-0.39, 0.29) is 12.5 Å². The molecule has 2 nitrogen and oxygen atoms in total. The molecule has 0 aromatic heterocycles. The highest BCUT2D eigenvalue weighted by Crippen LogP contribution is 2.24. The van der Waals surface area contributed by atoms with Gasteiger partial charge in [-0.25, -0.2) is 0 Å². The average Bonchev–Trinajstić information content (AvgIpc) is 2.09. The van der Waals surface area contributed by atoms with Crippen molar-refractivity contribution in [3.8, 4) is 0 Å². The molecular formula is C11H18O2. The van der Waals surface area contributed by atoms with E-state index in [1.165, 1.54) is 5.57 Å². The Morgan fingerprint density at radius 1 is 1.54 bits per heavy atom. The van der Waals surface area contributed by atoms with Crippen LogP contribution < -0.4 is 0 Å². The lowest BCUT2D eigenvalue weighted by Crippen LogP contribution is -2.16. The molecule has 0 amide bonds. The Kier molecular flexibility index (Phi) is 4.16. The van der Waals surface area contributed by atoms with E-state index < -0.39 is 0 Å². The minimum atomic E-state index is 0.232.